The first-order valence-electron chi connectivity index (χ1n) is 8.80. The highest BCUT2D eigenvalue weighted by molar-refractivity contribution is 5.90. The lowest BCUT2D eigenvalue weighted by atomic mass is 10.0. The molecule has 8 heteroatoms. The SMILES string of the molecule is COc1cc(NC(=O)N2CCCC2c2c(C)noc2C)cc(OC)c1OC. The van der Waals surface area contributed by atoms with Crippen molar-refractivity contribution in [3.8, 4) is 17.2 Å². The third kappa shape index (κ3) is 3.51. The van der Waals surface area contributed by atoms with Crippen LogP contribution in [0.25, 0.3) is 0 Å². The zero-order chi connectivity index (χ0) is 19.6. The van der Waals surface area contributed by atoms with Crippen LogP contribution in [0.2, 0.25) is 0 Å². The molecule has 1 aliphatic heterocycles. The second-order valence-corrected chi connectivity index (χ2v) is 6.43. The normalized spacial score (nSPS) is 16.3. The summed E-state index contributed by atoms with van der Waals surface area (Å²) < 4.78 is 21.3. The zero-order valence-electron chi connectivity index (χ0n) is 16.3. The van der Waals surface area contributed by atoms with Gasteiger partial charge in [-0.25, -0.2) is 4.79 Å². The molecule has 1 N–H and O–H groups in total. The average Bonchev–Trinajstić information content (AvgIpc) is 3.26. The van der Waals surface area contributed by atoms with E-state index >= 15 is 0 Å². The van der Waals surface area contributed by atoms with Crippen LogP contribution in [0.4, 0.5) is 10.5 Å². The van der Waals surface area contributed by atoms with Crippen molar-refractivity contribution in [2.75, 3.05) is 33.2 Å². The predicted octanol–water partition coefficient (Wildman–Crippen LogP) is 3.69. The first-order valence-corrected chi connectivity index (χ1v) is 8.80. The van der Waals surface area contributed by atoms with Crippen LogP contribution in [-0.2, 0) is 0 Å². The fourth-order valence-electron chi connectivity index (χ4n) is 3.62. The number of methoxy groups -OCH3 is 3. The molecule has 8 nitrogen and oxygen atoms in total. The van der Waals surface area contributed by atoms with E-state index in [1.165, 1.54) is 21.3 Å². The molecule has 27 heavy (non-hydrogen) atoms. The Labute approximate surface area is 158 Å². The van der Waals surface area contributed by atoms with Crippen LogP contribution < -0.4 is 19.5 Å². The van der Waals surface area contributed by atoms with Crippen molar-refractivity contribution in [1.82, 2.24) is 10.1 Å². The number of hydrogen-bond acceptors (Lipinski definition) is 6. The Morgan fingerprint density at radius 3 is 2.37 bits per heavy atom. The van der Waals surface area contributed by atoms with Crippen molar-refractivity contribution in [1.29, 1.82) is 0 Å². The van der Waals surface area contributed by atoms with Gasteiger partial charge in [-0.05, 0) is 26.7 Å². The van der Waals surface area contributed by atoms with E-state index in [-0.39, 0.29) is 12.1 Å². The molecule has 2 aromatic rings. The number of amides is 2. The van der Waals surface area contributed by atoms with Gasteiger partial charge in [0.2, 0.25) is 5.75 Å². The van der Waals surface area contributed by atoms with Crippen molar-refractivity contribution in [2.24, 2.45) is 0 Å². The third-order valence-corrected chi connectivity index (χ3v) is 4.85. The highest BCUT2D eigenvalue weighted by Crippen LogP contribution is 2.41. The number of hydrogen-bond donors (Lipinski definition) is 1. The molecule has 1 fully saturated rings. The number of ether oxygens (including phenoxy) is 3. The number of nitrogens with one attached hydrogen (secondary N) is 1. The highest BCUT2D eigenvalue weighted by Gasteiger charge is 2.34. The molecule has 0 radical (unpaired) electrons. The maximum absolute atomic E-state index is 12.9. The minimum absolute atomic E-state index is 0.0433. The molecule has 1 aromatic heterocycles. The van der Waals surface area contributed by atoms with E-state index in [1.807, 2.05) is 18.7 Å². The largest absolute Gasteiger partial charge is 0.493 e. The van der Waals surface area contributed by atoms with E-state index in [0.29, 0.717) is 29.5 Å². The van der Waals surface area contributed by atoms with Gasteiger partial charge in [0.1, 0.15) is 5.76 Å². The molecular weight excluding hydrogens is 350 g/mol. The minimum Gasteiger partial charge on any atom is -0.493 e. The van der Waals surface area contributed by atoms with E-state index in [9.17, 15) is 4.79 Å². The summed E-state index contributed by atoms with van der Waals surface area (Å²) in [5.74, 6) is 2.20. The van der Waals surface area contributed by atoms with E-state index in [2.05, 4.69) is 10.5 Å². The van der Waals surface area contributed by atoms with E-state index < -0.39 is 0 Å². The topological polar surface area (TPSA) is 86.1 Å². The van der Waals surface area contributed by atoms with Crippen molar-refractivity contribution < 1.29 is 23.5 Å². The zero-order valence-corrected chi connectivity index (χ0v) is 16.3. The predicted molar refractivity (Wildman–Crippen MR) is 99.8 cm³/mol. The number of nitrogens with zero attached hydrogens (tertiary/aromatic N) is 2. The van der Waals surface area contributed by atoms with Gasteiger partial charge in [-0.2, -0.15) is 0 Å². The number of likely N-dealkylation sites (tertiary alicyclic amines) is 1. The molecule has 1 aliphatic rings. The van der Waals surface area contributed by atoms with E-state index in [1.54, 1.807) is 12.1 Å². The highest BCUT2D eigenvalue weighted by atomic mass is 16.5. The first-order chi connectivity index (χ1) is 13.0. The van der Waals surface area contributed by atoms with Crippen LogP contribution in [0, 0.1) is 13.8 Å². The van der Waals surface area contributed by atoms with Gasteiger partial charge >= 0.3 is 6.03 Å². The number of rotatable bonds is 5. The number of carbonyl (C=O) groups is 1. The average molecular weight is 375 g/mol. The molecule has 2 amide bonds. The summed E-state index contributed by atoms with van der Waals surface area (Å²) in [5, 5.41) is 6.96. The van der Waals surface area contributed by atoms with Crippen molar-refractivity contribution in [3.63, 3.8) is 0 Å². The van der Waals surface area contributed by atoms with Crippen molar-refractivity contribution in [2.45, 2.75) is 32.7 Å². The number of aryl methyl sites for hydroxylation is 2. The van der Waals surface area contributed by atoms with E-state index in [0.717, 1.165) is 29.9 Å². The molecule has 0 saturated carbocycles. The summed E-state index contributed by atoms with van der Waals surface area (Å²) in [7, 11) is 4.62. The maximum Gasteiger partial charge on any atom is 0.322 e. The van der Waals surface area contributed by atoms with Crippen LogP contribution in [0.5, 0.6) is 17.2 Å². The molecule has 0 spiro atoms. The second-order valence-electron chi connectivity index (χ2n) is 6.43. The quantitative estimate of drug-likeness (QED) is 0.858. The molecular formula is C19H25N3O5. The summed E-state index contributed by atoms with van der Waals surface area (Å²) in [6.07, 6.45) is 1.81. The van der Waals surface area contributed by atoms with Gasteiger partial charge in [-0.3, -0.25) is 0 Å². The summed E-state index contributed by atoms with van der Waals surface area (Å²) in [6.45, 7) is 4.45. The molecule has 0 bridgehead atoms. The van der Waals surface area contributed by atoms with Crippen LogP contribution in [0.3, 0.4) is 0 Å². The number of carbonyl (C=O) groups excluding carboxylic acids is 1. The van der Waals surface area contributed by atoms with Gasteiger partial charge in [0.05, 0.1) is 38.8 Å². The van der Waals surface area contributed by atoms with Crippen molar-refractivity contribution in [3.05, 3.63) is 29.2 Å². The maximum atomic E-state index is 12.9. The smallest absolute Gasteiger partial charge is 0.322 e. The monoisotopic (exact) mass is 375 g/mol. The molecule has 146 valence electrons. The third-order valence-electron chi connectivity index (χ3n) is 4.85. The number of urea groups is 1. The Balaban J connectivity index is 1.84. The Bertz CT molecular complexity index is 788. The van der Waals surface area contributed by atoms with E-state index in [4.69, 9.17) is 18.7 Å². The van der Waals surface area contributed by atoms with Gasteiger partial charge in [0.15, 0.2) is 11.5 Å². The fourth-order valence-corrected chi connectivity index (χ4v) is 3.62. The number of benzene rings is 1. The van der Waals surface area contributed by atoms with Crippen LogP contribution in [-0.4, -0.2) is 44.0 Å². The van der Waals surface area contributed by atoms with Gasteiger partial charge in [-0.1, -0.05) is 5.16 Å². The van der Waals surface area contributed by atoms with Crippen LogP contribution in [0.1, 0.15) is 35.9 Å². The Kier molecular flexibility index (Phi) is 5.43. The molecule has 1 unspecified atom stereocenters. The Morgan fingerprint density at radius 2 is 1.85 bits per heavy atom. The van der Waals surface area contributed by atoms with Gasteiger partial charge in [0.25, 0.3) is 0 Å². The lowest BCUT2D eigenvalue weighted by molar-refractivity contribution is 0.206. The lowest BCUT2D eigenvalue weighted by Gasteiger charge is -2.25. The summed E-state index contributed by atoms with van der Waals surface area (Å²) >= 11 is 0. The Morgan fingerprint density at radius 1 is 1.19 bits per heavy atom. The van der Waals surface area contributed by atoms with Gasteiger partial charge < -0.3 is 29.0 Å². The van der Waals surface area contributed by atoms with Crippen LogP contribution in [0.15, 0.2) is 16.7 Å². The molecule has 1 aromatic carbocycles. The molecule has 0 aliphatic carbocycles. The minimum atomic E-state index is -0.188. The first kappa shape index (κ1) is 18.9. The molecule has 3 rings (SSSR count). The summed E-state index contributed by atoms with van der Waals surface area (Å²) in [4.78, 5) is 14.8. The summed E-state index contributed by atoms with van der Waals surface area (Å²) in [6, 6.07) is 3.19. The van der Waals surface area contributed by atoms with Crippen LogP contribution >= 0.6 is 0 Å². The van der Waals surface area contributed by atoms with Gasteiger partial charge in [0, 0.05) is 24.2 Å². The fraction of sp³-hybridized carbons (Fsp3) is 0.474. The summed E-state index contributed by atoms with van der Waals surface area (Å²) in [5.41, 5.74) is 2.39. The standard InChI is InChI=1S/C19H25N3O5/c1-11-17(12(2)27-21-11)14-7-6-8-22(14)19(23)20-13-9-15(24-3)18(26-5)16(10-13)25-4/h9-10,14H,6-8H2,1-5H3,(H,20,23). The van der Waals surface area contributed by atoms with Gasteiger partial charge in [-0.15, -0.1) is 0 Å². The Hall–Kier alpha value is -2.90. The molecule has 2 heterocycles. The lowest BCUT2D eigenvalue weighted by Crippen LogP contribution is -2.34. The molecule has 1 saturated heterocycles. The molecule has 1 atom stereocenters. The second kappa shape index (κ2) is 7.77. The number of aromatic nitrogens is 1. The van der Waals surface area contributed by atoms with Crippen molar-refractivity contribution >= 4 is 11.7 Å². The number of anilines is 1.